The zero-order valence-corrected chi connectivity index (χ0v) is 11.6. The van der Waals surface area contributed by atoms with Gasteiger partial charge in [-0.15, -0.1) is 0 Å². The van der Waals surface area contributed by atoms with Crippen LogP contribution in [-0.2, 0) is 0 Å². The Bertz CT molecular complexity index is 920. The number of H-pyrrole nitrogens is 1. The van der Waals surface area contributed by atoms with Gasteiger partial charge >= 0.3 is 0 Å². The van der Waals surface area contributed by atoms with E-state index in [0.717, 1.165) is 5.52 Å². The highest BCUT2D eigenvalue weighted by Gasteiger charge is 2.11. The van der Waals surface area contributed by atoms with Crippen molar-refractivity contribution >= 4 is 34.9 Å². The van der Waals surface area contributed by atoms with E-state index >= 15 is 0 Å². The molecule has 0 saturated carbocycles. The van der Waals surface area contributed by atoms with Crippen LogP contribution >= 0.6 is 23.8 Å². The van der Waals surface area contributed by atoms with Crippen LogP contribution in [-0.4, -0.2) is 9.55 Å². The number of halogens is 2. The number of nitriles is 1. The topological polar surface area (TPSA) is 44.5 Å². The van der Waals surface area contributed by atoms with Crippen molar-refractivity contribution in [2.75, 3.05) is 0 Å². The third-order valence-corrected chi connectivity index (χ3v) is 3.59. The van der Waals surface area contributed by atoms with Gasteiger partial charge in [-0.3, -0.25) is 4.57 Å². The van der Waals surface area contributed by atoms with E-state index in [-0.39, 0.29) is 5.02 Å². The van der Waals surface area contributed by atoms with E-state index in [1.165, 1.54) is 12.1 Å². The average molecular weight is 304 g/mol. The van der Waals surface area contributed by atoms with Crippen LogP contribution in [0.1, 0.15) is 5.56 Å². The number of imidazole rings is 1. The van der Waals surface area contributed by atoms with E-state index in [1.54, 1.807) is 22.8 Å². The van der Waals surface area contributed by atoms with Crippen molar-refractivity contribution in [1.29, 1.82) is 5.26 Å². The Labute approximate surface area is 123 Å². The fourth-order valence-corrected chi connectivity index (χ4v) is 2.53. The molecule has 1 aromatic heterocycles. The van der Waals surface area contributed by atoms with Crippen LogP contribution in [0, 0.1) is 21.9 Å². The quantitative estimate of drug-likeness (QED) is 0.679. The highest BCUT2D eigenvalue weighted by atomic mass is 35.5. The van der Waals surface area contributed by atoms with Gasteiger partial charge in [-0.25, -0.2) is 4.39 Å². The molecule has 1 heterocycles. The Morgan fingerprint density at radius 3 is 2.80 bits per heavy atom. The van der Waals surface area contributed by atoms with E-state index in [4.69, 9.17) is 29.1 Å². The highest BCUT2D eigenvalue weighted by molar-refractivity contribution is 7.71. The van der Waals surface area contributed by atoms with Gasteiger partial charge in [-0.1, -0.05) is 17.7 Å². The number of benzene rings is 2. The van der Waals surface area contributed by atoms with Crippen molar-refractivity contribution in [2.45, 2.75) is 0 Å². The monoisotopic (exact) mass is 303 g/mol. The van der Waals surface area contributed by atoms with Crippen molar-refractivity contribution in [1.82, 2.24) is 9.55 Å². The molecule has 0 saturated heterocycles. The SMILES string of the molecule is N#Cc1cccc2c1[nH]c(=S)n2-c1ccc(Cl)c(F)c1. The molecule has 6 heteroatoms. The highest BCUT2D eigenvalue weighted by Crippen LogP contribution is 2.24. The van der Waals surface area contributed by atoms with E-state index in [9.17, 15) is 4.39 Å². The van der Waals surface area contributed by atoms with Crippen molar-refractivity contribution in [2.24, 2.45) is 0 Å². The second-order valence-electron chi connectivity index (χ2n) is 4.18. The summed E-state index contributed by atoms with van der Waals surface area (Å²) in [4.78, 5) is 2.98. The van der Waals surface area contributed by atoms with Crippen molar-refractivity contribution in [3.05, 3.63) is 57.6 Å². The normalized spacial score (nSPS) is 10.7. The first-order valence-corrected chi connectivity index (χ1v) is 6.49. The molecule has 0 fully saturated rings. The summed E-state index contributed by atoms with van der Waals surface area (Å²) < 4.78 is 15.7. The van der Waals surface area contributed by atoms with Crippen LogP contribution in [0.5, 0.6) is 0 Å². The molecular weight excluding hydrogens is 297 g/mol. The van der Waals surface area contributed by atoms with Gasteiger partial charge in [0.2, 0.25) is 0 Å². The predicted octanol–water partition coefficient (Wildman–Crippen LogP) is 4.35. The van der Waals surface area contributed by atoms with Crippen molar-refractivity contribution < 1.29 is 4.39 Å². The lowest BCUT2D eigenvalue weighted by atomic mass is 10.2. The standard InChI is InChI=1S/C14H7ClFN3S/c15-10-5-4-9(6-11(10)16)19-12-3-1-2-8(7-17)13(12)18-14(19)20/h1-6H,(H,18,20). The molecule has 0 amide bonds. The van der Waals surface area contributed by atoms with Gasteiger partial charge < -0.3 is 4.98 Å². The summed E-state index contributed by atoms with van der Waals surface area (Å²) in [7, 11) is 0. The largest absolute Gasteiger partial charge is 0.329 e. The lowest BCUT2D eigenvalue weighted by Crippen LogP contribution is -1.95. The van der Waals surface area contributed by atoms with Gasteiger partial charge in [0.25, 0.3) is 0 Å². The Balaban J connectivity index is 2.37. The summed E-state index contributed by atoms with van der Waals surface area (Å²) in [5, 5.41) is 9.15. The molecule has 0 spiro atoms. The maximum atomic E-state index is 13.6. The summed E-state index contributed by atoms with van der Waals surface area (Å²) in [6, 6.07) is 11.8. The molecule has 0 aliphatic heterocycles. The van der Waals surface area contributed by atoms with Crippen molar-refractivity contribution in [3.8, 4) is 11.8 Å². The first-order valence-electron chi connectivity index (χ1n) is 5.71. The number of hydrogen-bond acceptors (Lipinski definition) is 2. The minimum Gasteiger partial charge on any atom is -0.329 e. The smallest absolute Gasteiger partial charge is 0.182 e. The molecule has 0 bridgehead atoms. The Hall–Kier alpha value is -2.16. The first-order chi connectivity index (χ1) is 9.61. The Morgan fingerprint density at radius 2 is 2.10 bits per heavy atom. The third kappa shape index (κ3) is 1.90. The van der Waals surface area contributed by atoms with Crippen LogP contribution in [0.25, 0.3) is 16.7 Å². The number of aromatic amines is 1. The summed E-state index contributed by atoms with van der Waals surface area (Å²) >= 11 is 10.9. The number of aromatic nitrogens is 2. The molecule has 0 radical (unpaired) electrons. The van der Waals surface area contributed by atoms with E-state index < -0.39 is 5.82 Å². The molecule has 0 atom stereocenters. The van der Waals surface area contributed by atoms with Crippen LogP contribution in [0.15, 0.2) is 36.4 Å². The molecule has 98 valence electrons. The lowest BCUT2D eigenvalue weighted by molar-refractivity contribution is 0.627. The molecule has 0 aliphatic rings. The Kier molecular flexibility index (Phi) is 3.05. The number of rotatable bonds is 1. The average Bonchev–Trinajstić information content (AvgIpc) is 2.78. The predicted molar refractivity (Wildman–Crippen MR) is 78.1 cm³/mol. The summed E-state index contributed by atoms with van der Waals surface area (Å²) in [6.45, 7) is 0. The molecule has 3 nitrogen and oxygen atoms in total. The molecule has 20 heavy (non-hydrogen) atoms. The zero-order valence-electron chi connectivity index (χ0n) is 10.0. The number of nitrogens with one attached hydrogen (secondary N) is 1. The second-order valence-corrected chi connectivity index (χ2v) is 4.97. The van der Waals surface area contributed by atoms with Gasteiger partial charge in [0.1, 0.15) is 11.9 Å². The fraction of sp³-hybridized carbons (Fsp3) is 0. The van der Waals surface area contributed by atoms with E-state index in [1.807, 2.05) is 6.07 Å². The van der Waals surface area contributed by atoms with Crippen molar-refractivity contribution in [3.63, 3.8) is 0 Å². The Morgan fingerprint density at radius 1 is 1.30 bits per heavy atom. The van der Waals surface area contributed by atoms with Gasteiger partial charge in [0.15, 0.2) is 4.77 Å². The molecule has 0 aliphatic carbocycles. The number of fused-ring (bicyclic) bond motifs is 1. The summed E-state index contributed by atoms with van der Waals surface area (Å²) in [6.07, 6.45) is 0. The molecule has 0 unspecified atom stereocenters. The van der Waals surface area contributed by atoms with Gasteiger partial charge in [-0.05, 0) is 42.5 Å². The van der Waals surface area contributed by atoms with E-state index in [0.29, 0.717) is 21.5 Å². The zero-order chi connectivity index (χ0) is 14.3. The number of hydrogen-bond donors (Lipinski definition) is 1. The summed E-state index contributed by atoms with van der Waals surface area (Å²) in [5.41, 5.74) is 2.39. The van der Waals surface area contributed by atoms with Crippen LogP contribution in [0.3, 0.4) is 0 Å². The van der Waals surface area contributed by atoms with Gasteiger partial charge in [-0.2, -0.15) is 5.26 Å². The van der Waals surface area contributed by atoms with Gasteiger partial charge in [0, 0.05) is 0 Å². The molecule has 1 N–H and O–H groups in total. The number of nitrogens with zero attached hydrogens (tertiary/aromatic N) is 2. The van der Waals surface area contributed by atoms with Crippen LogP contribution in [0.2, 0.25) is 5.02 Å². The first kappa shape index (κ1) is 12.9. The molecular formula is C14H7ClFN3S. The fourth-order valence-electron chi connectivity index (χ4n) is 2.10. The molecule has 2 aromatic carbocycles. The van der Waals surface area contributed by atoms with E-state index in [2.05, 4.69) is 11.1 Å². The van der Waals surface area contributed by atoms with Gasteiger partial charge in [0.05, 0.1) is 27.3 Å². The second kappa shape index (κ2) is 4.75. The molecule has 3 rings (SSSR count). The maximum absolute atomic E-state index is 13.6. The van der Waals surface area contributed by atoms with Crippen LogP contribution < -0.4 is 0 Å². The third-order valence-electron chi connectivity index (χ3n) is 3.00. The summed E-state index contributed by atoms with van der Waals surface area (Å²) in [5.74, 6) is -0.517. The minimum atomic E-state index is -0.517. The number of para-hydroxylation sites is 1. The minimum absolute atomic E-state index is 0.0535. The lowest BCUT2D eigenvalue weighted by Gasteiger charge is -2.05. The van der Waals surface area contributed by atoms with Crippen LogP contribution in [0.4, 0.5) is 4.39 Å². The molecule has 3 aromatic rings. The maximum Gasteiger partial charge on any atom is 0.182 e.